The second-order valence-electron chi connectivity index (χ2n) is 17.2. The van der Waals surface area contributed by atoms with Crippen molar-refractivity contribution in [1.29, 1.82) is 0 Å². The summed E-state index contributed by atoms with van der Waals surface area (Å²) in [4.78, 5) is 6.94. The molecule has 3 aromatic heterocycles. The Hall–Kier alpha value is -1.04. The van der Waals surface area contributed by atoms with Crippen LogP contribution < -0.4 is 0 Å². The summed E-state index contributed by atoms with van der Waals surface area (Å²) in [5.74, 6) is -0.0974. The lowest BCUT2D eigenvalue weighted by molar-refractivity contribution is 0.535. The molecule has 3 heterocycles. The molecular formula is C36H58F2S3. The van der Waals surface area contributed by atoms with E-state index in [2.05, 4.69) is 95.2 Å². The highest BCUT2D eigenvalue weighted by molar-refractivity contribution is 7.13. The number of hydrogen-bond acceptors (Lipinski definition) is 3. The fourth-order valence-corrected chi connectivity index (χ4v) is 7.07. The minimum absolute atomic E-state index is 0.0487. The SMILES string of the molecule is CC(C)(C)c1cc(F)c(C(C)(C)C)s1.CC(C)(C)c1cc(F)c(C(C)(C)C)s1.CC(C)(C)c1ccc(C(C)(C)C)s1. The van der Waals surface area contributed by atoms with Gasteiger partial charge in [-0.2, -0.15) is 0 Å². The van der Waals surface area contributed by atoms with Gasteiger partial charge in [-0.15, -0.1) is 34.0 Å². The van der Waals surface area contributed by atoms with E-state index in [0.717, 1.165) is 19.5 Å². The first-order valence-electron chi connectivity index (χ1n) is 14.7. The first kappa shape index (κ1) is 38.0. The van der Waals surface area contributed by atoms with Gasteiger partial charge < -0.3 is 0 Å². The highest BCUT2D eigenvalue weighted by atomic mass is 32.1. The van der Waals surface area contributed by atoms with Crippen LogP contribution in [0.25, 0.3) is 0 Å². The molecule has 234 valence electrons. The van der Waals surface area contributed by atoms with E-state index in [1.165, 1.54) is 9.75 Å². The highest BCUT2D eigenvalue weighted by Gasteiger charge is 2.27. The van der Waals surface area contributed by atoms with Gasteiger partial charge in [-0.05, 0) is 56.8 Å². The second-order valence-corrected chi connectivity index (χ2v) is 20.4. The lowest BCUT2D eigenvalue weighted by Crippen LogP contribution is -2.10. The Morgan fingerprint density at radius 2 is 0.610 bits per heavy atom. The minimum atomic E-state index is -0.0851. The van der Waals surface area contributed by atoms with Gasteiger partial charge in [0, 0.05) is 29.3 Å². The zero-order chi connectivity index (χ0) is 32.6. The van der Waals surface area contributed by atoms with E-state index < -0.39 is 0 Å². The summed E-state index contributed by atoms with van der Waals surface area (Å²) in [5.41, 5.74) is 0.531. The third kappa shape index (κ3) is 11.5. The van der Waals surface area contributed by atoms with Crippen molar-refractivity contribution in [3.05, 3.63) is 65.2 Å². The Labute approximate surface area is 264 Å². The van der Waals surface area contributed by atoms with Crippen molar-refractivity contribution >= 4 is 34.0 Å². The summed E-state index contributed by atoms with van der Waals surface area (Å²) in [5, 5.41) is 0. The zero-order valence-electron chi connectivity index (χ0n) is 29.3. The Balaban J connectivity index is 0.000000308. The maximum Gasteiger partial charge on any atom is 0.137 e. The Bertz CT molecular complexity index is 1150. The predicted molar refractivity (Wildman–Crippen MR) is 185 cm³/mol. The molecule has 5 heteroatoms. The van der Waals surface area contributed by atoms with Crippen LogP contribution in [-0.4, -0.2) is 0 Å². The van der Waals surface area contributed by atoms with E-state index in [0.29, 0.717) is 10.8 Å². The van der Waals surface area contributed by atoms with E-state index in [1.54, 1.807) is 34.8 Å². The lowest BCUT2D eigenvalue weighted by atomic mass is 9.92. The maximum atomic E-state index is 13.6. The average Bonchev–Trinajstić information content (AvgIpc) is 3.43. The van der Waals surface area contributed by atoms with E-state index in [1.807, 2.05) is 52.9 Å². The molecule has 3 rings (SSSR count). The van der Waals surface area contributed by atoms with E-state index in [9.17, 15) is 8.78 Å². The summed E-state index contributed by atoms with van der Waals surface area (Å²) < 4.78 is 27.3. The summed E-state index contributed by atoms with van der Waals surface area (Å²) in [7, 11) is 0. The number of rotatable bonds is 0. The topological polar surface area (TPSA) is 0 Å². The van der Waals surface area contributed by atoms with E-state index >= 15 is 0 Å². The van der Waals surface area contributed by atoms with E-state index in [4.69, 9.17) is 0 Å². The summed E-state index contributed by atoms with van der Waals surface area (Å²) in [6.07, 6.45) is 0. The number of hydrogen-bond donors (Lipinski definition) is 0. The standard InChI is InChI=1S/2C12H19FS.C12H20S/c2*1-11(2,3)9-7-8(13)10(14-9)12(4,5)6;1-11(2,3)9-7-8-10(13-9)12(4,5)6/h2*7H,1-6H3;7-8H,1-6H3. The van der Waals surface area contributed by atoms with Crippen LogP contribution in [0.3, 0.4) is 0 Å². The van der Waals surface area contributed by atoms with E-state index in [-0.39, 0.29) is 33.3 Å². The van der Waals surface area contributed by atoms with Gasteiger partial charge in [0.2, 0.25) is 0 Å². The van der Waals surface area contributed by atoms with Gasteiger partial charge in [-0.25, -0.2) is 8.78 Å². The molecule has 3 aromatic rings. The molecule has 0 nitrogen and oxygen atoms in total. The minimum Gasteiger partial charge on any atom is -0.206 e. The number of halogens is 2. The van der Waals surface area contributed by atoms with Crippen molar-refractivity contribution in [2.75, 3.05) is 0 Å². The fourth-order valence-electron chi connectivity index (χ4n) is 3.64. The van der Waals surface area contributed by atoms with Crippen molar-refractivity contribution in [2.45, 2.75) is 157 Å². The molecule has 0 unspecified atom stereocenters. The highest BCUT2D eigenvalue weighted by Crippen LogP contribution is 2.39. The van der Waals surface area contributed by atoms with Crippen molar-refractivity contribution in [3.63, 3.8) is 0 Å². The molecule has 0 N–H and O–H groups in total. The smallest absolute Gasteiger partial charge is 0.137 e. The third-order valence-corrected chi connectivity index (χ3v) is 12.2. The quantitative estimate of drug-likeness (QED) is 0.233. The fraction of sp³-hybridized carbons (Fsp3) is 0.667. The van der Waals surface area contributed by atoms with Gasteiger partial charge in [0.25, 0.3) is 0 Å². The van der Waals surface area contributed by atoms with Gasteiger partial charge >= 0.3 is 0 Å². The van der Waals surface area contributed by atoms with Crippen molar-refractivity contribution in [1.82, 2.24) is 0 Å². The molecule has 0 fully saturated rings. The molecule has 0 aromatic carbocycles. The monoisotopic (exact) mass is 624 g/mol. The molecule has 41 heavy (non-hydrogen) atoms. The second kappa shape index (κ2) is 12.9. The first-order valence-corrected chi connectivity index (χ1v) is 17.1. The predicted octanol–water partition coefficient (Wildman–Crippen LogP) is 13.3. The largest absolute Gasteiger partial charge is 0.206 e. The molecule has 0 bridgehead atoms. The van der Waals surface area contributed by atoms with Crippen LogP contribution in [0.4, 0.5) is 8.78 Å². The van der Waals surface area contributed by atoms with Crippen LogP contribution >= 0.6 is 34.0 Å². The van der Waals surface area contributed by atoms with Crippen LogP contribution in [0.2, 0.25) is 0 Å². The Morgan fingerprint density at radius 3 is 0.732 bits per heavy atom. The normalized spacial score (nSPS) is 13.4. The number of thiophene rings is 3. The van der Waals surface area contributed by atoms with Gasteiger partial charge in [-0.3, -0.25) is 0 Å². The summed E-state index contributed by atoms with van der Waals surface area (Å²) in [6, 6.07) is 7.91. The molecule has 0 radical (unpaired) electrons. The van der Waals surface area contributed by atoms with Gasteiger partial charge in [0.1, 0.15) is 11.6 Å². The third-order valence-electron chi connectivity index (χ3n) is 6.30. The zero-order valence-corrected chi connectivity index (χ0v) is 31.7. The van der Waals surface area contributed by atoms with Gasteiger partial charge in [0.15, 0.2) is 0 Å². The summed E-state index contributed by atoms with van der Waals surface area (Å²) in [6.45, 7) is 38.6. The molecule has 0 amide bonds. The molecule has 0 spiro atoms. The Morgan fingerprint density at radius 1 is 0.366 bits per heavy atom. The molecule has 0 aliphatic heterocycles. The summed E-state index contributed by atoms with van der Waals surface area (Å²) >= 11 is 5.14. The lowest BCUT2D eigenvalue weighted by Gasteiger charge is -2.18. The van der Waals surface area contributed by atoms with Crippen LogP contribution in [0.15, 0.2) is 24.3 Å². The molecule has 0 atom stereocenters. The average molecular weight is 625 g/mol. The maximum absolute atomic E-state index is 13.6. The van der Waals surface area contributed by atoms with Crippen LogP contribution in [-0.2, 0) is 32.5 Å². The van der Waals surface area contributed by atoms with Crippen LogP contribution in [0.1, 0.15) is 154 Å². The molecule has 0 saturated carbocycles. The van der Waals surface area contributed by atoms with Crippen molar-refractivity contribution < 1.29 is 8.78 Å². The van der Waals surface area contributed by atoms with Crippen LogP contribution in [0, 0.1) is 11.6 Å². The van der Waals surface area contributed by atoms with Crippen LogP contribution in [0.5, 0.6) is 0 Å². The van der Waals surface area contributed by atoms with Gasteiger partial charge in [0.05, 0.1) is 0 Å². The molecular weight excluding hydrogens is 567 g/mol. The molecule has 0 aliphatic carbocycles. The first-order chi connectivity index (χ1) is 18.0. The van der Waals surface area contributed by atoms with Gasteiger partial charge in [-0.1, -0.05) is 125 Å². The van der Waals surface area contributed by atoms with Crippen molar-refractivity contribution in [3.8, 4) is 0 Å². The molecule has 0 saturated heterocycles. The Kier molecular flexibility index (Phi) is 12.0. The molecule has 0 aliphatic rings. The van der Waals surface area contributed by atoms with Crippen molar-refractivity contribution in [2.24, 2.45) is 0 Å².